The van der Waals surface area contributed by atoms with Crippen LogP contribution in [-0.2, 0) is 20.0 Å². The molecule has 4 heteroatoms. The van der Waals surface area contributed by atoms with Gasteiger partial charge in [-0.3, -0.25) is 9.58 Å². The lowest BCUT2D eigenvalue weighted by atomic mass is 10.1. The van der Waals surface area contributed by atoms with Gasteiger partial charge in [-0.15, -0.1) is 11.5 Å². The van der Waals surface area contributed by atoms with Gasteiger partial charge in [0.25, 0.3) is 0 Å². The summed E-state index contributed by atoms with van der Waals surface area (Å²) in [5, 5.41) is 8.02. The van der Waals surface area contributed by atoms with Gasteiger partial charge in [0.05, 0.1) is 12.2 Å². The first-order valence-electron chi connectivity index (χ1n) is 6.22. The number of aromatic nitrogens is 3. The second kappa shape index (κ2) is 6.17. The summed E-state index contributed by atoms with van der Waals surface area (Å²) in [4.78, 5) is 2.11. The van der Waals surface area contributed by atoms with E-state index in [0.717, 1.165) is 18.7 Å². The van der Waals surface area contributed by atoms with Crippen LogP contribution in [0, 0.1) is 12.3 Å². The maximum absolute atomic E-state index is 5.29. The number of hydrogen-bond donors (Lipinski definition) is 0. The normalized spacial score (nSPS) is 10.6. The Morgan fingerprint density at radius 1 is 1.26 bits per heavy atom. The van der Waals surface area contributed by atoms with Crippen molar-refractivity contribution in [2.75, 3.05) is 13.6 Å². The number of hydrogen-bond acceptors (Lipinski definition) is 3. The maximum atomic E-state index is 5.29. The van der Waals surface area contributed by atoms with E-state index < -0.39 is 0 Å². The number of rotatable bonds is 5. The predicted molar refractivity (Wildman–Crippen MR) is 75.4 cm³/mol. The van der Waals surface area contributed by atoms with Crippen LogP contribution in [0.3, 0.4) is 0 Å². The van der Waals surface area contributed by atoms with E-state index in [2.05, 4.69) is 45.4 Å². The molecule has 4 nitrogen and oxygen atoms in total. The average Bonchev–Trinajstić information content (AvgIpc) is 2.78. The maximum Gasteiger partial charge on any atom is 0.0870 e. The zero-order valence-corrected chi connectivity index (χ0v) is 11.4. The van der Waals surface area contributed by atoms with Crippen LogP contribution in [0.5, 0.6) is 0 Å². The van der Waals surface area contributed by atoms with E-state index in [-0.39, 0.29) is 0 Å². The summed E-state index contributed by atoms with van der Waals surface area (Å²) in [5.41, 5.74) is 3.49. The highest BCUT2D eigenvalue weighted by Gasteiger charge is 2.02. The first kappa shape index (κ1) is 13.3. The summed E-state index contributed by atoms with van der Waals surface area (Å²) < 4.78 is 1.72. The zero-order valence-electron chi connectivity index (χ0n) is 11.4. The van der Waals surface area contributed by atoms with Crippen LogP contribution in [0.15, 0.2) is 30.5 Å². The third-order valence-electron chi connectivity index (χ3n) is 2.87. The standard InChI is InChI=1S/C15H18N4/c1-4-9-18(2)11-14-7-5-13(6-8-14)10-15-12-19(3)17-16-15/h1,5-8,12H,9-11H2,2-3H3. The number of benzene rings is 1. The topological polar surface area (TPSA) is 34.0 Å². The lowest BCUT2D eigenvalue weighted by Crippen LogP contribution is -2.17. The van der Waals surface area contributed by atoms with Crippen molar-refractivity contribution >= 4 is 0 Å². The van der Waals surface area contributed by atoms with E-state index in [4.69, 9.17) is 6.42 Å². The van der Waals surface area contributed by atoms with Crippen molar-refractivity contribution in [2.45, 2.75) is 13.0 Å². The minimum atomic E-state index is 0.668. The first-order chi connectivity index (χ1) is 9.17. The molecule has 0 aliphatic rings. The van der Waals surface area contributed by atoms with Crippen LogP contribution in [0.2, 0.25) is 0 Å². The van der Waals surface area contributed by atoms with Crippen molar-refractivity contribution in [3.8, 4) is 12.3 Å². The lowest BCUT2D eigenvalue weighted by Gasteiger charge is -2.13. The molecule has 2 aromatic rings. The van der Waals surface area contributed by atoms with Crippen LogP contribution in [0.4, 0.5) is 0 Å². The van der Waals surface area contributed by atoms with Gasteiger partial charge in [-0.25, -0.2) is 0 Å². The largest absolute Gasteiger partial charge is 0.291 e. The van der Waals surface area contributed by atoms with Crippen molar-refractivity contribution in [3.05, 3.63) is 47.3 Å². The molecular formula is C15H18N4. The van der Waals surface area contributed by atoms with Gasteiger partial charge >= 0.3 is 0 Å². The van der Waals surface area contributed by atoms with E-state index in [1.165, 1.54) is 11.1 Å². The summed E-state index contributed by atoms with van der Waals surface area (Å²) in [6.07, 6.45) is 8.04. The third kappa shape index (κ3) is 3.94. The van der Waals surface area contributed by atoms with Crippen LogP contribution in [0.1, 0.15) is 16.8 Å². The Morgan fingerprint density at radius 3 is 2.53 bits per heavy atom. The molecule has 19 heavy (non-hydrogen) atoms. The summed E-state index contributed by atoms with van der Waals surface area (Å²) in [7, 11) is 3.90. The predicted octanol–water partition coefficient (Wildman–Crippen LogP) is 1.47. The monoisotopic (exact) mass is 254 g/mol. The molecule has 0 fully saturated rings. The Hall–Kier alpha value is -2.12. The van der Waals surface area contributed by atoms with Gasteiger partial charge in [-0.2, -0.15) is 0 Å². The first-order valence-corrected chi connectivity index (χ1v) is 6.22. The molecule has 0 saturated heterocycles. The van der Waals surface area contributed by atoms with Gasteiger partial charge in [0.2, 0.25) is 0 Å². The van der Waals surface area contributed by atoms with E-state index in [0.29, 0.717) is 6.54 Å². The Kier molecular flexibility index (Phi) is 4.32. The highest BCUT2D eigenvalue weighted by molar-refractivity contribution is 5.25. The molecule has 0 aliphatic carbocycles. The van der Waals surface area contributed by atoms with Gasteiger partial charge in [0, 0.05) is 26.2 Å². The van der Waals surface area contributed by atoms with Gasteiger partial charge in [0.1, 0.15) is 0 Å². The van der Waals surface area contributed by atoms with Crippen molar-refractivity contribution < 1.29 is 0 Å². The van der Waals surface area contributed by atoms with Crippen molar-refractivity contribution in [1.82, 2.24) is 19.9 Å². The fraction of sp³-hybridized carbons (Fsp3) is 0.333. The molecule has 0 unspecified atom stereocenters. The van der Waals surface area contributed by atoms with E-state index in [9.17, 15) is 0 Å². The van der Waals surface area contributed by atoms with E-state index >= 15 is 0 Å². The van der Waals surface area contributed by atoms with Crippen LogP contribution < -0.4 is 0 Å². The molecule has 0 amide bonds. The molecule has 0 aliphatic heterocycles. The number of nitrogens with zero attached hydrogens (tertiary/aromatic N) is 4. The lowest BCUT2D eigenvalue weighted by molar-refractivity contribution is 0.369. The van der Waals surface area contributed by atoms with Crippen LogP contribution in [-0.4, -0.2) is 33.5 Å². The summed E-state index contributed by atoms with van der Waals surface area (Å²) in [6.45, 7) is 1.54. The minimum absolute atomic E-state index is 0.668. The van der Waals surface area contributed by atoms with Gasteiger partial charge in [-0.05, 0) is 18.2 Å². The quantitative estimate of drug-likeness (QED) is 0.758. The molecule has 1 aromatic heterocycles. The Morgan fingerprint density at radius 2 is 1.95 bits per heavy atom. The molecule has 1 aromatic carbocycles. The van der Waals surface area contributed by atoms with Crippen molar-refractivity contribution in [2.24, 2.45) is 7.05 Å². The fourth-order valence-corrected chi connectivity index (χ4v) is 1.97. The minimum Gasteiger partial charge on any atom is -0.291 e. The van der Waals surface area contributed by atoms with Gasteiger partial charge < -0.3 is 0 Å². The molecule has 0 spiro atoms. The van der Waals surface area contributed by atoms with Crippen molar-refractivity contribution in [3.63, 3.8) is 0 Å². The molecule has 2 rings (SSSR count). The second-order valence-corrected chi connectivity index (χ2v) is 4.75. The molecule has 0 atom stereocenters. The highest BCUT2D eigenvalue weighted by atomic mass is 15.4. The molecule has 0 bridgehead atoms. The van der Waals surface area contributed by atoms with Gasteiger partial charge in [0.15, 0.2) is 0 Å². The van der Waals surface area contributed by atoms with Crippen LogP contribution in [0.25, 0.3) is 0 Å². The number of terminal acetylenes is 1. The smallest absolute Gasteiger partial charge is 0.0870 e. The molecule has 0 radical (unpaired) electrons. The van der Waals surface area contributed by atoms with E-state index in [1.54, 1.807) is 4.68 Å². The fourth-order valence-electron chi connectivity index (χ4n) is 1.97. The highest BCUT2D eigenvalue weighted by Crippen LogP contribution is 2.10. The third-order valence-corrected chi connectivity index (χ3v) is 2.87. The summed E-state index contributed by atoms with van der Waals surface area (Å²) >= 11 is 0. The molecule has 98 valence electrons. The Labute approximate surface area is 114 Å². The molecule has 1 heterocycles. The van der Waals surface area contributed by atoms with Gasteiger partial charge in [-0.1, -0.05) is 35.4 Å². The molecular weight excluding hydrogens is 236 g/mol. The van der Waals surface area contributed by atoms with Crippen LogP contribution >= 0.6 is 0 Å². The second-order valence-electron chi connectivity index (χ2n) is 4.75. The Bertz CT molecular complexity index is 563. The SMILES string of the molecule is C#CCN(C)Cc1ccc(Cc2cn(C)nn2)cc1. The number of aryl methyl sites for hydroxylation is 1. The molecule has 0 N–H and O–H groups in total. The summed E-state index contributed by atoms with van der Waals surface area (Å²) in [6, 6.07) is 8.54. The van der Waals surface area contributed by atoms with Crippen molar-refractivity contribution in [1.29, 1.82) is 0 Å². The average molecular weight is 254 g/mol. The zero-order chi connectivity index (χ0) is 13.7. The molecule has 0 saturated carbocycles. The Balaban J connectivity index is 1.96. The van der Waals surface area contributed by atoms with E-state index in [1.807, 2.05) is 20.3 Å². The summed E-state index contributed by atoms with van der Waals surface area (Å²) in [5.74, 6) is 2.64.